The molecule has 3 aromatic rings. The van der Waals surface area contributed by atoms with Crippen molar-refractivity contribution in [3.8, 4) is 17.1 Å². The number of phenolic OH excluding ortho intramolecular Hbond substituents is 1. The van der Waals surface area contributed by atoms with Gasteiger partial charge in [0.1, 0.15) is 34.2 Å². The molecule has 2 aromatic carbocycles. The summed E-state index contributed by atoms with van der Waals surface area (Å²) in [5.41, 5.74) is 2.10. The average Bonchev–Trinajstić information content (AvgIpc) is 3.34. The van der Waals surface area contributed by atoms with Crippen molar-refractivity contribution in [2.24, 2.45) is 17.6 Å². The fourth-order valence-electron chi connectivity index (χ4n) is 6.93. The van der Waals surface area contributed by atoms with Crippen LogP contribution in [0.25, 0.3) is 28.1 Å². The van der Waals surface area contributed by atoms with Crippen LogP contribution in [0.2, 0.25) is 0 Å². The van der Waals surface area contributed by atoms with Gasteiger partial charge >= 0.3 is 0 Å². The van der Waals surface area contributed by atoms with E-state index in [4.69, 9.17) is 10.2 Å². The number of aromatic hydroxyl groups is 1. The lowest BCUT2D eigenvalue weighted by molar-refractivity contribution is -0.169. The van der Waals surface area contributed by atoms with Gasteiger partial charge in [0, 0.05) is 16.9 Å². The van der Waals surface area contributed by atoms with E-state index in [0.29, 0.717) is 16.9 Å². The molecular formula is C30H28N2O9. The molecule has 0 unspecified atom stereocenters. The van der Waals surface area contributed by atoms with Crippen LogP contribution in [0.4, 0.5) is 0 Å². The highest BCUT2D eigenvalue weighted by atomic mass is 16.4. The number of furan rings is 1. The Balaban J connectivity index is 1.59. The number of amides is 1. The van der Waals surface area contributed by atoms with E-state index in [9.17, 15) is 39.9 Å². The van der Waals surface area contributed by atoms with Gasteiger partial charge in [0.15, 0.2) is 11.4 Å². The molecule has 0 radical (unpaired) electrons. The number of aliphatic hydroxyl groups is 4. The maximum Gasteiger partial charge on any atom is 0.255 e. The van der Waals surface area contributed by atoms with Crippen molar-refractivity contribution in [3.63, 3.8) is 0 Å². The highest BCUT2D eigenvalue weighted by molar-refractivity contribution is 6.24. The van der Waals surface area contributed by atoms with E-state index in [-0.39, 0.29) is 11.1 Å². The number of ketones is 2. The number of Topliss-reactive ketones (excluding diaryl/α,β-unsaturated/α-hetero) is 2. The van der Waals surface area contributed by atoms with Crippen LogP contribution in [0.1, 0.15) is 24.0 Å². The molecule has 7 N–H and O–H groups in total. The van der Waals surface area contributed by atoms with Gasteiger partial charge in [-0.1, -0.05) is 31.2 Å². The van der Waals surface area contributed by atoms with Gasteiger partial charge in [0.05, 0.1) is 29.2 Å². The molecule has 1 saturated carbocycles. The molecule has 11 nitrogen and oxygen atoms in total. The number of para-hydroxylation sites is 1. The zero-order valence-corrected chi connectivity index (χ0v) is 22.3. The number of primary amides is 1. The van der Waals surface area contributed by atoms with Crippen molar-refractivity contribution in [3.05, 3.63) is 70.5 Å². The summed E-state index contributed by atoms with van der Waals surface area (Å²) in [6, 6.07) is 10.8. The Morgan fingerprint density at radius 1 is 1.07 bits per heavy atom. The minimum Gasteiger partial charge on any atom is -0.508 e. The number of aliphatic hydroxyl groups excluding tert-OH is 3. The number of carbonyl (C=O) groups is 3. The third-order valence-electron chi connectivity index (χ3n) is 8.82. The van der Waals surface area contributed by atoms with Crippen molar-refractivity contribution in [2.45, 2.75) is 30.6 Å². The summed E-state index contributed by atoms with van der Waals surface area (Å²) in [4.78, 5) is 40.9. The van der Waals surface area contributed by atoms with Crippen molar-refractivity contribution in [1.29, 1.82) is 0 Å². The molecule has 6 atom stereocenters. The maximum absolute atomic E-state index is 14.1. The Labute approximate surface area is 233 Å². The smallest absolute Gasteiger partial charge is 0.255 e. The number of phenols is 1. The van der Waals surface area contributed by atoms with E-state index in [1.54, 1.807) is 37.3 Å². The lowest BCUT2D eigenvalue weighted by Gasteiger charge is -2.53. The molecule has 11 heteroatoms. The number of nitrogens with two attached hydrogens (primary N) is 1. The minimum absolute atomic E-state index is 0.0982. The van der Waals surface area contributed by atoms with Gasteiger partial charge in [-0.3, -0.25) is 19.3 Å². The van der Waals surface area contributed by atoms with Crippen LogP contribution in [0.3, 0.4) is 0 Å². The molecule has 1 fully saturated rings. The number of nitrogens with zero attached hydrogens (tertiary/aromatic N) is 1. The minimum atomic E-state index is -2.96. The van der Waals surface area contributed by atoms with Gasteiger partial charge in [-0.2, -0.15) is 0 Å². The quantitative estimate of drug-likeness (QED) is 0.258. The summed E-state index contributed by atoms with van der Waals surface area (Å²) in [7, 11) is 2.92. The van der Waals surface area contributed by atoms with E-state index < -0.39 is 81.4 Å². The standard InChI is InChI=1S/C30H28N2O9/c1-11-13-8-9-14(16-10-12-6-4-5-7-15(12)41-16)23(33)18(13)24(34)19-17(11)25(35)21-22(32(2)3)26(36)20(29(31)39)28(38)30(21,40)27(19)37/h4-11,17,21-22,25,33-35,38,40H,1-3H3,(H2,31,39)/t11-,17-,21-,22-,25+,30+/m1/s1. The van der Waals surface area contributed by atoms with Crippen LogP contribution in [-0.4, -0.2) is 79.7 Å². The van der Waals surface area contributed by atoms with Gasteiger partial charge in [-0.25, -0.2) is 0 Å². The maximum atomic E-state index is 14.1. The summed E-state index contributed by atoms with van der Waals surface area (Å²) in [6.45, 7) is 1.68. The molecule has 0 bridgehead atoms. The summed E-state index contributed by atoms with van der Waals surface area (Å²) in [6.07, 6.45) is -1.65. The zero-order valence-electron chi connectivity index (χ0n) is 22.3. The van der Waals surface area contributed by atoms with E-state index in [2.05, 4.69) is 0 Å². The van der Waals surface area contributed by atoms with Crippen molar-refractivity contribution >= 4 is 34.2 Å². The highest BCUT2D eigenvalue weighted by Gasteiger charge is 2.68. The molecule has 6 rings (SSSR count). The van der Waals surface area contributed by atoms with Gasteiger partial charge in [-0.05, 0) is 43.8 Å². The van der Waals surface area contributed by atoms with Crippen LogP contribution in [0, 0.1) is 11.8 Å². The summed E-state index contributed by atoms with van der Waals surface area (Å²) < 4.78 is 5.89. The average molecular weight is 561 g/mol. The second-order valence-electron chi connectivity index (χ2n) is 11.1. The van der Waals surface area contributed by atoms with Crippen LogP contribution in [0.5, 0.6) is 5.75 Å². The van der Waals surface area contributed by atoms with Crippen molar-refractivity contribution in [2.75, 3.05) is 14.1 Å². The SMILES string of the molecule is C[C@@H]1c2ccc(-c3cc4ccccc4o3)c(O)c2C(O)=C2C(=O)[C@]3(O)C(O)=C(C(N)=O)C(=O)[C@H](N(C)C)[C@@H]3[C@@H](O)[C@@H]21. The molecule has 1 heterocycles. The fourth-order valence-corrected chi connectivity index (χ4v) is 6.93. The molecule has 0 aliphatic heterocycles. The first-order chi connectivity index (χ1) is 19.3. The molecule has 3 aliphatic carbocycles. The predicted molar refractivity (Wildman–Crippen MR) is 146 cm³/mol. The predicted octanol–water partition coefficient (Wildman–Crippen LogP) is 1.91. The molecule has 3 aliphatic rings. The Morgan fingerprint density at radius 3 is 2.39 bits per heavy atom. The lowest BCUT2D eigenvalue weighted by Crippen LogP contribution is -2.70. The van der Waals surface area contributed by atoms with Crippen molar-refractivity contribution < 1.29 is 44.3 Å². The Kier molecular flexibility index (Phi) is 5.73. The largest absolute Gasteiger partial charge is 0.508 e. The topological polar surface area (TPSA) is 195 Å². The third-order valence-corrected chi connectivity index (χ3v) is 8.82. The lowest BCUT2D eigenvalue weighted by atomic mass is 9.54. The summed E-state index contributed by atoms with van der Waals surface area (Å²) >= 11 is 0. The first kappa shape index (κ1) is 26.8. The molecule has 0 saturated heterocycles. The molecule has 212 valence electrons. The van der Waals surface area contributed by atoms with Crippen molar-refractivity contribution in [1.82, 2.24) is 4.90 Å². The number of rotatable bonds is 3. The molecule has 1 aromatic heterocycles. The molecular weight excluding hydrogens is 532 g/mol. The van der Waals surface area contributed by atoms with E-state index in [0.717, 1.165) is 5.39 Å². The van der Waals surface area contributed by atoms with E-state index in [1.807, 2.05) is 12.1 Å². The third kappa shape index (κ3) is 3.33. The Bertz CT molecular complexity index is 1720. The second kappa shape index (κ2) is 8.77. The number of benzene rings is 2. The van der Waals surface area contributed by atoms with E-state index >= 15 is 0 Å². The first-order valence-corrected chi connectivity index (χ1v) is 13.0. The fraction of sp³-hybridized carbons (Fsp3) is 0.300. The normalized spacial score (nSPS) is 29.6. The van der Waals surface area contributed by atoms with Gasteiger partial charge < -0.3 is 35.7 Å². The molecule has 0 spiro atoms. The van der Waals surface area contributed by atoms with E-state index in [1.165, 1.54) is 19.0 Å². The highest BCUT2D eigenvalue weighted by Crippen LogP contribution is 2.57. The van der Waals surface area contributed by atoms with Crippen LogP contribution in [0.15, 0.2) is 63.8 Å². The monoisotopic (exact) mass is 560 g/mol. The Hall–Kier alpha value is -4.45. The number of carbonyl (C=O) groups excluding carboxylic acids is 3. The van der Waals surface area contributed by atoms with Crippen LogP contribution in [-0.2, 0) is 14.4 Å². The Morgan fingerprint density at radius 2 is 1.76 bits per heavy atom. The molecule has 41 heavy (non-hydrogen) atoms. The summed E-state index contributed by atoms with van der Waals surface area (Å²) in [5.74, 6) is -9.02. The van der Waals surface area contributed by atoms with Gasteiger partial charge in [0.2, 0.25) is 5.78 Å². The van der Waals surface area contributed by atoms with Crippen LogP contribution >= 0.6 is 0 Å². The van der Waals surface area contributed by atoms with Gasteiger partial charge in [-0.15, -0.1) is 0 Å². The number of hydrogen-bond donors (Lipinski definition) is 6. The molecule has 1 amide bonds. The van der Waals surface area contributed by atoms with Gasteiger partial charge in [0.25, 0.3) is 5.91 Å². The number of likely N-dealkylation sites (N-methyl/N-ethyl adjacent to an activating group) is 1. The number of fused-ring (bicyclic) bond motifs is 4. The zero-order chi connectivity index (χ0) is 29.7. The van der Waals surface area contributed by atoms with Crippen LogP contribution < -0.4 is 5.73 Å². The first-order valence-electron chi connectivity index (χ1n) is 13.0. The summed E-state index contributed by atoms with van der Waals surface area (Å²) in [5, 5.41) is 58.2. The number of hydrogen-bond acceptors (Lipinski definition) is 10. The second-order valence-corrected chi connectivity index (χ2v) is 11.1.